The largest absolute Gasteiger partial charge is 0.480 e. The summed E-state index contributed by atoms with van der Waals surface area (Å²) in [5.41, 5.74) is 4.99. The van der Waals surface area contributed by atoms with E-state index in [0.29, 0.717) is 0 Å². The van der Waals surface area contributed by atoms with E-state index in [4.69, 9.17) is 10.8 Å². The molecule has 0 heterocycles. The highest BCUT2D eigenvalue weighted by molar-refractivity contribution is 5.99. The molecule has 0 saturated heterocycles. The molecular formula is C12H13N3O5. The Balaban J connectivity index is 2.68. The van der Waals surface area contributed by atoms with Crippen molar-refractivity contribution < 1.29 is 24.3 Å². The zero-order chi connectivity index (χ0) is 15.1. The molecule has 0 spiro atoms. The van der Waals surface area contributed by atoms with E-state index < -0.39 is 36.3 Å². The SMILES string of the molecule is NC(=O)NC(=O)CC(NC(=O)c1ccccc1)C(=O)O. The zero-order valence-electron chi connectivity index (χ0n) is 10.3. The summed E-state index contributed by atoms with van der Waals surface area (Å²) in [5, 5.41) is 12.9. The number of hydrogen-bond acceptors (Lipinski definition) is 4. The van der Waals surface area contributed by atoms with E-state index in [0.717, 1.165) is 0 Å². The number of carboxylic acids is 1. The fraction of sp³-hybridized carbons (Fsp3) is 0.167. The number of nitrogens with one attached hydrogen (secondary N) is 2. The molecule has 1 atom stereocenters. The van der Waals surface area contributed by atoms with Crippen molar-refractivity contribution in [3.63, 3.8) is 0 Å². The minimum absolute atomic E-state index is 0.258. The van der Waals surface area contributed by atoms with Crippen LogP contribution in [0.15, 0.2) is 30.3 Å². The predicted octanol–water partition coefficient (Wildman–Crippen LogP) is -0.545. The average molecular weight is 279 g/mol. The molecular weight excluding hydrogens is 266 g/mol. The van der Waals surface area contributed by atoms with E-state index in [1.165, 1.54) is 12.1 Å². The van der Waals surface area contributed by atoms with Crippen molar-refractivity contribution in [2.45, 2.75) is 12.5 Å². The Bertz CT molecular complexity index is 529. The number of imide groups is 1. The van der Waals surface area contributed by atoms with E-state index >= 15 is 0 Å². The van der Waals surface area contributed by atoms with Crippen LogP contribution in [0.4, 0.5) is 4.79 Å². The van der Waals surface area contributed by atoms with Gasteiger partial charge in [0, 0.05) is 5.56 Å². The summed E-state index contributed by atoms with van der Waals surface area (Å²) in [6.45, 7) is 0. The van der Waals surface area contributed by atoms with Gasteiger partial charge in [-0.05, 0) is 12.1 Å². The molecule has 1 aromatic carbocycles. The number of primary amides is 1. The quantitative estimate of drug-likeness (QED) is 0.573. The van der Waals surface area contributed by atoms with Crippen molar-refractivity contribution in [2.75, 3.05) is 0 Å². The molecule has 1 aromatic rings. The van der Waals surface area contributed by atoms with Gasteiger partial charge in [-0.25, -0.2) is 9.59 Å². The zero-order valence-corrected chi connectivity index (χ0v) is 10.3. The first-order valence-corrected chi connectivity index (χ1v) is 5.58. The summed E-state index contributed by atoms with van der Waals surface area (Å²) in [5.74, 6) is -2.92. The normalized spacial score (nSPS) is 11.2. The van der Waals surface area contributed by atoms with Crippen LogP contribution in [0.2, 0.25) is 0 Å². The van der Waals surface area contributed by atoms with Gasteiger partial charge in [0.25, 0.3) is 5.91 Å². The Morgan fingerprint density at radius 2 is 1.75 bits per heavy atom. The molecule has 1 unspecified atom stereocenters. The van der Waals surface area contributed by atoms with Crippen molar-refractivity contribution in [3.8, 4) is 0 Å². The molecule has 106 valence electrons. The van der Waals surface area contributed by atoms with Gasteiger partial charge in [-0.3, -0.25) is 14.9 Å². The summed E-state index contributed by atoms with van der Waals surface area (Å²) in [4.78, 5) is 44.5. The van der Waals surface area contributed by atoms with Gasteiger partial charge in [0.15, 0.2) is 0 Å². The van der Waals surface area contributed by atoms with E-state index in [9.17, 15) is 19.2 Å². The van der Waals surface area contributed by atoms with Crippen molar-refractivity contribution >= 4 is 23.8 Å². The highest BCUT2D eigenvalue weighted by atomic mass is 16.4. The van der Waals surface area contributed by atoms with Crippen LogP contribution in [0.5, 0.6) is 0 Å². The molecule has 5 N–H and O–H groups in total. The Hall–Kier alpha value is -2.90. The molecule has 0 aliphatic rings. The smallest absolute Gasteiger partial charge is 0.326 e. The van der Waals surface area contributed by atoms with Crippen molar-refractivity contribution in [3.05, 3.63) is 35.9 Å². The maximum absolute atomic E-state index is 11.8. The molecule has 8 nitrogen and oxygen atoms in total. The molecule has 20 heavy (non-hydrogen) atoms. The molecule has 8 heteroatoms. The van der Waals surface area contributed by atoms with Crippen LogP contribution in [0.1, 0.15) is 16.8 Å². The lowest BCUT2D eigenvalue weighted by atomic mass is 10.1. The molecule has 0 fully saturated rings. The van der Waals surface area contributed by atoms with Crippen LogP contribution in [-0.2, 0) is 9.59 Å². The van der Waals surface area contributed by atoms with Gasteiger partial charge in [-0.15, -0.1) is 0 Å². The van der Waals surface area contributed by atoms with E-state index in [-0.39, 0.29) is 5.56 Å². The van der Waals surface area contributed by atoms with Gasteiger partial charge >= 0.3 is 12.0 Å². The fourth-order valence-corrected chi connectivity index (χ4v) is 1.41. The van der Waals surface area contributed by atoms with Crippen LogP contribution in [0.3, 0.4) is 0 Å². The molecule has 0 radical (unpaired) electrons. The third-order valence-electron chi connectivity index (χ3n) is 2.29. The molecule has 4 amide bonds. The highest BCUT2D eigenvalue weighted by Gasteiger charge is 2.24. The van der Waals surface area contributed by atoms with Crippen LogP contribution in [0, 0.1) is 0 Å². The number of hydrogen-bond donors (Lipinski definition) is 4. The first-order chi connectivity index (χ1) is 9.40. The lowest BCUT2D eigenvalue weighted by Gasteiger charge is -2.13. The summed E-state index contributed by atoms with van der Waals surface area (Å²) in [6.07, 6.45) is -0.600. The highest BCUT2D eigenvalue weighted by Crippen LogP contribution is 2.01. The van der Waals surface area contributed by atoms with Crippen molar-refractivity contribution in [1.82, 2.24) is 10.6 Å². The van der Waals surface area contributed by atoms with Gasteiger partial charge in [0.1, 0.15) is 6.04 Å². The van der Waals surface area contributed by atoms with E-state index in [1.807, 2.05) is 0 Å². The number of carbonyl (C=O) groups is 4. The Morgan fingerprint density at radius 1 is 1.15 bits per heavy atom. The maximum Gasteiger partial charge on any atom is 0.326 e. The molecule has 0 aromatic heterocycles. The Kier molecular flexibility index (Phi) is 5.21. The first-order valence-electron chi connectivity index (χ1n) is 5.58. The third kappa shape index (κ3) is 4.77. The van der Waals surface area contributed by atoms with Gasteiger partial charge in [-0.2, -0.15) is 0 Å². The lowest BCUT2D eigenvalue weighted by Crippen LogP contribution is -2.45. The van der Waals surface area contributed by atoms with Crippen molar-refractivity contribution in [1.29, 1.82) is 0 Å². The topological polar surface area (TPSA) is 139 Å². The van der Waals surface area contributed by atoms with Crippen LogP contribution >= 0.6 is 0 Å². The minimum Gasteiger partial charge on any atom is -0.480 e. The Morgan fingerprint density at radius 3 is 2.25 bits per heavy atom. The van der Waals surface area contributed by atoms with Crippen LogP contribution < -0.4 is 16.4 Å². The van der Waals surface area contributed by atoms with Gasteiger partial charge in [-0.1, -0.05) is 18.2 Å². The van der Waals surface area contributed by atoms with Crippen LogP contribution in [-0.4, -0.2) is 35.0 Å². The third-order valence-corrected chi connectivity index (χ3v) is 2.29. The second-order valence-corrected chi connectivity index (χ2v) is 3.85. The number of nitrogens with two attached hydrogens (primary N) is 1. The summed E-state index contributed by atoms with van der Waals surface area (Å²) < 4.78 is 0. The van der Waals surface area contributed by atoms with Crippen LogP contribution in [0.25, 0.3) is 0 Å². The predicted molar refractivity (Wildman–Crippen MR) is 67.7 cm³/mol. The van der Waals surface area contributed by atoms with E-state index in [2.05, 4.69) is 5.32 Å². The van der Waals surface area contributed by atoms with E-state index in [1.54, 1.807) is 23.5 Å². The number of carboxylic acid groups (broad SMARTS) is 1. The number of amides is 4. The van der Waals surface area contributed by atoms with Gasteiger partial charge < -0.3 is 16.2 Å². The first kappa shape index (κ1) is 15.2. The minimum atomic E-state index is -1.46. The molecule has 1 rings (SSSR count). The lowest BCUT2D eigenvalue weighted by molar-refractivity contribution is -0.141. The molecule has 0 bridgehead atoms. The van der Waals surface area contributed by atoms with Gasteiger partial charge in [0.2, 0.25) is 5.91 Å². The fourth-order valence-electron chi connectivity index (χ4n) is 1.41. The molecule has 0 aliphatic heterocycles. The number of aliphatic carboxylic acids is 1. The number of benzene rings is 1. The monoisotopic (exact) mass is 279 g/mol. The second kappa shape index (κ2) is 6.88. The number of urea groups is 1. The Labute approximate surface area is 114 Å². The standard InChI is InChI=1S/C12H13N3O5/c13-12(20)15-9(16)6-8(11(18)19)14-10(17)7-4-2-1-3-5-7/h1-5,8H,6H2,(H,14,17)(H,18,19)(H3,13,15,16,20). The number of rotatable bonds is 5. The summed E-state index contributed by atoms with van der Waals surface area (Å²) >= 11 is 0. The van der Waals surface area contributed by atoms with Crippen molar-refractivity contribution in [2.24, 2.45) is 5.73 Å². The maximum atomic E-state index is 11.8. The average Bonchev–Trinajstić information content (AvgIpc) is 2.37. The summed E-state index contributed by atoms with van der Waals surface area (Å²) in [6, 6.07) is 5.38. The van der Waals surface area contributed by atoms with Gasteiger partial charge in [0.05, 0.1) is 6.42 Å². The summed E-state index contributed by atoms with van der Waals surface area (Å²) in [7, 11) is 0. The molecule has 0 aliphatic carbocycles. The second-order valence-electron chi connectivity index (χ2n) is 3.85. The number of carbonyl (C=O) groups excluding carboxylic acids is 3. The molecule has 0 saturated carbocycles.